The quantitative estimate of drug-likeness (QED) is 0.176. The summed E-state index contributed by atoms with van der Waals surface area (Å²) in [6, 6.07) is 70.2. The molecule has 2 aliphatic rings. The molecule has 0 aliphatic heterocycles. The van der Waals surface area contributed by atoms with E-state index in [2.05, 4.69) is 207 Å². The standard InChI is InChI=1S/C52H37NS/c1-51(2)45-19-9-11-21-47(45)52(48-22-12-10-20-46(48)51)43-18-8-6-16-39(43)42-32-37(29-31-44(42)52)53(36-26-24-35(25-27-36)34-14-4-3-5-15-34)38-28-30-41-40-17-7-13-23-49(40)54-50(41)33-38/h3-33H,1-2H3. The third-order valence-corrected chi connectivity index (χ3v) is 13.3. The topological polar surface area (TPSA) is 3.24 Å². The summed E-state index contributed by atoms with van der Waals surface area (Å²) in [5, 5.41) is 2.62. The van der Waals surface area contributed by atoms with Crippen LogP contribution in [-0.4, -0.2) is 0 Å². The van der Waals surface area contributed by atoms with E-state index in [0.29, 0.717) is 0 Å². The smallest absolute Gasteiger partial charge is 0.0719 e. The molecule has 0 saturated carbocycles. The van der Waals surface area contributed by atoms with Gasteiger partial charge >= 0.3 is 0 Å². The maximum Gasteiger partial charge on any atom is 0.0719 e. The fourth-order valence-electron chi connectivity index (χ4n) is 9.73. The van der Waals surface area contributed by atoms with Gasteiger partial charge in [0.1, 0.15) is 0 Å². The molecule has 0 unspecified atom stereocenters. The van der Waals surface area contributed by atoms with E-state index in [9.17, 15) is 0 Å². The van der Waals surface area contributed by atoms with Gasteiger partial charge in [-0.3, -0.25) is 0 Å². The predicted octanol–water partition coefficient (Wildman–Crippen LogP) is 14.2. The molecular weight excluding hydrogens is 671 g/mol. The van der Waals surface area contributed by atoms with Crippen molar-refractivity contribution in [2.24, 2.45) is 0 Å². The van der Waals surface area contributed by atoms with Gasteiger partial charge in [0.05, 0.1) is 5.41 Å². The van der Waals surface area contributed by atoms with Gasteiger partial charge in [0.15, 0.2) is 0 Å². The van der Waals surface area contributed by atoms with E-state index >= 15 is 0 Å². The molecule has 0 saturated heterocycles. The van der Waals surface area contributed by atoms with Crippen LogP contribution in [-0.2, 0) is 10.8 Å². The maximum absolute atomic E-state index is 2.45. The summed E-state index contributed by atoms with van der Waals surface area (Å²) >= 11 is 1.87. The second kappa shape index (κ2) is 11.6. The Morgan fingerprint density at radius 3 is 1.63 bits per heavy atom. The molecule has 0 amide bonds. The molecule has 9 aromatic rings. The van der Waals surface area contributed by atoms with Crippen LogP contribution in [0.4, 0.5) is 17.1 Å². The Hall–Kier alpha value is -6.22. The van der Waals surface area contributed by atoms with Gasteiger partial charge in [0.25, 0.3) is 0 Å². The summed E-state index contributed by atoms with van der Waals surface area (Å²) in [7, 11) is 0. The minimum absolute atomic E-state index is 0.121. The lowest BCUT2D eigenvalue weighted by atomic mass is 9.55. The number of hydrogen-bond donors (Lipinski definition) is 0. The van der Waals surface area contributed by atoms with E-state index in [1.165, 1.54) is 75.8 Å². The van der Waals surface area contributed by atoms with Crippen LogP contribution in [0, 0.1) is 0 Å². The second-order valence-corrected chi connectivity index (χ2v) is 16.4. The van der Waals surface area contributed by atoms with Gasteiger partial charge < -0.3 is 4.90 Å². The van der Waals surface area contributed by atoms with Crippen molar-refractivity contribution >= 4 is 48.6 Å². The lowest BCUT2D eigenvalue weighted by Gasteiger charge is -2.46. The number of rotatable bonds is 4. The van der Waals surface area contributed by atoms with Crippen LogP contribution in [0.15, 0.2) is 188 Å². The Labute approximate surface area is 320 Å². The van der Waals surface area contributed by atoms with Gasteiger partial charge in [-0.15, -0.1) is 11.3 Å². The minimum atomic E-state index is -0.411. The van der Waals surface area contributed by atoms with Crippen LogP contribution >= 0.6 is 11.3 Å². The van der Waals surface area contributed by atoms with E-state index in [4.69, 9.17) is 0 Å². The first-order valence-electron chi connectivity index (χ1n) is 18.8. The number of anilines is 3. The van der Waals surface area contributed by atoms with E-state index in [1.807, 2.05) is 11.3 Å². The highest BCUT2D eigenvalue weighted by molar-refractivity contribution is 7.25. The van der Waals surface area contributed by atoms with Crippen molar-refractivity contribution in [3.8, 4) is 22.3 Å². The molecular formula is C52H37NS. The monoisotopic (exact) mass is 707 g/mol. The van der Waals surface area contributed by atoms with Crippen LogP contribution in [0.2, 0.25) is 0 Å². The number of hydrogen-bond acceptors (Lipinski definition) is 2. The molecule has 1 heterocycles. The van der Waals surface area contributed by atoms with Crippen LogP contribution in [0.1, 0.15) is 47.2 Å². The Morgan fingerprint density at radius 2 is 0.889 bits per heavy atom. The van der Waals surface area contributed by atoms with Crippen LogP contribution in [0.3, 0.4) is 0 Å². The van der Waals surface area contributed by atoms with E-state index in [1.54, 1.807) is 0 Å². The molecule has 11 rings (SSSR count). The Morgan fingerprint density at radius 1 is 0.370 bits per heavy atom. The Balaban J connectivity index is 1.15. The van der Waals surface area contributed by atoms with Gasteiger partial charge in [-0.2, -0.15) is 0 Å². The number of benzene rings is 8. The fraction of sp³-hybridized carbons (Fsp3) is 0.0769. The number of nitrogens with zero attached hydrogens (tertiary/aromatic N) is 1. The third-order valence-electron chi connectivity index (χ3n) is 12.1. The summed E-state index contributed by atoms with van der Waals surface area (Å²) < 4.78 is 2.61. The zero-order valence-electron chi connectivity index (χ0n) is 30.3. The number of thiophene rings is 1. The van der Waals surface area contributed by atoms with Crippen molar-refractivity contribution in [1.82, 2.24) is 0 Å². The molecule has 1 aromatic heterocycles. The fourth-order valence-corrected chi connectivity index (χ4v) is 10.9. The van der Waals surface area contributed by atoms with Crippen molar-refractivity contribution in [2.75, 3.05) is 4.90 Å². The molecule has 0 fully saturated rings. The average molecular weight is 708 g/mol. The maximum atomic E-state index is 2.45. The summed E-state index contributed by atoms with van der Waals surface area (Å²) in [4.78, 5) is 2.44. The van der Waals surface area contributed by atoms with Crippen molar-refractivity contribution in [3.63, 3.8) is 0 Å². The zero-order valence-corrected chi connectivity index (χ0v) is 31.1. The molecule has 8 aromatic carbocycles. The van der Waals surface area contributed by atoms with Gasteiger partial charge in [0, 0.05) is 42.6 Å². The van der Waals surface area contributed by atoms with Gasteiger partial charge in [-0.25, -0.2) is 0 Å². The normalized spacial score (nSPS) is 14.4. The summed E-state index contributed by atoms with van der Waals surface area (Å²) in [6.07, 6.45) is 0. The zero-order chi connectivity index (χ0) is 36.0. The highest BCUT2D eigenvalue weighted by atomic mass is 32.1. The van der Waals surface area contributed by atoms with Crippen LogP contribution in [0.5, 0.6) is 0 Å². The van der Waals surface area contributed by atoms with Crippen molar-refractivity contribution in [1.29, 1.82) is 0 Å². The van der Waals surface area contributed by atoms with E-state index < -0.39 is 5.41 Å². The molecule has 256 valence electrons. The molecule has 1 spiro atoms. The average Bonchev–Trinajstić information content (AvgIpc) is 3.74. The molecule has 0 bridgehead atoms. The SMILES string of the molecule is CC1(C)c2ccccc2C2(c3ccccc3-c3cc(N(c4ccc(-c5ccccc5)cc4)c4ccc5c(c4)sc4ccccc45)ccc32)c2ccccc21. The second-order valence-electron chi connectivity index (χ2n) is 15.3. The summed E-state index contributed by atoms with van der Waals surface area (Å²) in [5.74, 6) is 0. The Kier molecular flexibility index (Phi) is 6.75. The molecule has 0 N–H and O–H groups in total. The van der Waals surface area contributed by atoms with Crippen molar-refractivity contribution < 1.29 is 0 Å². The third kappa shape index (κ3) is 4.32. The summed E-state index contributed by atoms with van der Waals surface area (Å²) in [6.45, 7) is 4.77. The highest BCUT2D eigenvalue weighted by Crippen LogP contribution is 2.62. The van der Waals surface area contributed by atoms with Gasteiger partial charge in [0.2, 0.25) is 0 Å². The highest BCUT2D eigenvalue weighted by Gasteiger charge is 2.53. The lowest BCUT2D eigenvalue weighted by Crippen LogP contribution is -2.40. The lowest BCUT2D eigenvalue weighted by molar-refractivity contribution is 0.563. The van der Waals surface area contributed by atoms with Gasteiger partial charge in [-0.1, -0.05) is 159 Å². The molecule has 1 nitrogen and oxygen atoms in total. The van der Waals surface area contributed by atoms with Gasteiger partial charge in [-0.05, 0) is 98.1 Å². The van der Waals surface area contributed by atoms with Crippen LogP contribution in [0.25, 0.3) is 42.4 Å². The summed E-state index contributed by atoms with van der Waals surface area (Å²) in [5.41, 5.74) is 16.2. The Bertz CT molecular complexity index is 2860. The van der Waals surface area contributed by atoms with Crippen molar-refractivity contribution in [2.45, 2.75) is 24.7 Å². The molecule has 0 atom stereocenters. The van der Waals surface area contributed by atoms with Crippen LogP contribution < -0.4 is 4.90 Å². The molecule has 2 aliphatic carbocycles. The van der Waals surface area contributed by atoms with E-state index in [0.717, 1.165) is 17.1 Å². The molecule has 54 heavy (non-hydrogen) atoms. The minimum Gasteiger partial charge on any atom is -0.310 e. The first kappa shape index (κ1) is 31.3. The predicted molar refractivity (Wildman–Crippen MR) is 229 cm³/mol. The largest absolute Gasteiger partial charge is 0.310 e. The first-order chi connectivity index (χ1) is 26.5. The first-order valence-corrected chi connectivity index (χ1v) is 19.7. The number of fused-ring (bicyclic) bond motifs is 12. The molecule has 0 radical (unpaired) electrons. The van der Waals surface area contributed by atoms with Crippen molar-refractivity contribution in [3.05, 3.63) is 221 Å². The molecule has 2 heteroatoms. The van der Waals surface area contributed by atoms with E-state index in [-0.39, 0.29) is 5.41 Å².